The van der Waals surface area contributed by atoms with Crippen LogP contribution in [0.4, 0.5) is 0 Å². The van der Waals surface area contributed by atoms with Crippen LogP contribution in [0.25, 0.3) is 0 Å². The second-order valence-corrected chi connectivity index (χ2v) is 6.94. The van der Waals surface area contributed by atoms with Gasteiger partial charge in [-0.25, -0.2) is 4.79 Å². The minimum absolute atomic E-state index is 0.0759. The van der Waals surface area contributed by atoms with Gasteiger partial charge in [0.1, 0.15) is 25.2 Å². The van der Waals surface area contributed by atoms with Crippen LogP contribution in [0.1, 0.15) is 44.0 Å². The summed E-state index contributed by atoms with van der Waals surface area (Å²) in [5.74, 6) is -0.832. The maximum absolute atomic E-state index is 12.4. The molecule has 1 aliphatic carbocycles. The molecule has 0 heterocycles. The zero-order valence-electron chi connectivity index (χ0n) is 17.8. The Bertz CT molecular complexity index is 939. The second-order valence-electron chi connectivity index (χ2n) is 6.94. The van der Waals surface area contributed by atoms with Crippen LogP contribution in [-0.2, 0) is 19.2 Å². The molecule has 0 saturated heterocycles. The largest absolute Gasteiger partial charge is 0.508 e. The molecule has 8 heteroatoms. The predicted octanol–water partition coefficient (Wildman–Crippen LogP) is 3.57. The van der Waals surface area contributed by atoms with E-state index in [1.54, 1.807) is 6.92 Å². The SMILES string of the molecule is CO/N=C(\C(=O)OC)C1=C(CO/N=C(\C)C(=O)c2ccc(O)cc2)CC(C)=C(C)C1. The molecule has 1 aromatic rings. The van der Waals surface area contributed by atoms with Crippen molar-refractivity contribution in [2.24, 2.45) is 10.3 Å². The van der Waals surface area contributed by atoms with Crippen LogP contribution < -0.4 is 0 Å². The van der Waals surface area contributed by atoms with Crippen molar-refractivity contribution in [3.05, 3.63) is 52.1 Å². The molecule has 30 heavy (non-hydrogen) atoms. The number of ether oxygens (including phenoxy) is 1. The first-order chi connectivity index (χ1) is 14.3. The molecule has 0 spiro atoms. The highest BCUT2D eigenvalue weighted by Crippen LogP contribution is 2.31. The summed E-state index contributed by atoms with van der Waals surface area (Å²) in [4.78, 5) is 34.9. The number of hydrogen-bond donors (Lipinski definition) is 1. The smallest absolute Gasteiger partial charge is 0.360 e. The highest BCUT2D eigenvalue weighted by atomic mass is 16.6. The fourth-order valence-electron chi connectivity index (χ4n) is 2.98. The molecule has 0 saturated carbocycles. The molecule has 0 aromatic heterocycles. The number of rotatable bonds is 8. The minimum atomic E-state index is -0.598. The number of phenolic OH excluding ortho intramolecular Hbond substituents is 1. The quantitative estimate of drug-likeness (QED) is 0.229. The van der Waals surface area contributed by atoms with Gasteiger partial charge in [0.2, 0.25) is 5.78 Å². The van der Waals surface area contributed by atoms with Crippen LogP contribution >= 0.6 is 0 Å². The molecular formula is C22H26N2O6. The molecule has 0 unspecified atom stereocenters. The number of oxime groups is 2. The monoisotopic (exact) mass is 414 g/mol. The maximum atomic E-state index is 12.4. The van der Waals surface area contributed by atoms with E-state index in [4.69, 9.17) is 14.4 Å². The number of nitrogens with zero attached hydrogens (tertiary/aromatic N) is 2. The van der Waals surface area contributed by atoms with Crippen molar-refractivity contribution in [2.75, 3.05) is 20.8 Å². The summed E-state index contributed by atoms with van der Waals surface area (Å²) in [6, 6.07) is 5.89. The number of Topliss-reactive ketones (excluding diaryl/α,β-unsaturated/α-hetero) is 1. The van der Waals surface area contributed by atoms with Gasteiger partial charge in [-0.1, -0.05) is 21.5 Å². The van der Waals surface area contributed by atoms with Gasteiger partial charge in [0.25, 0.3) is 0 Å². The van der Waals surface area contributed by atoms with Crippen molar-refractivity contribution < 1.29 is 29.1 Å². The molecule has 0 bridgehead atoms. The van der Waals surface area contributed by atoms with Gasteiger partial charge in [-0.3, -0.25) is 4.79 Å². The molecule has 0 atom stereocenters. The summed E-state index contributed by atoms with van der Waals surface area (Å²) < 4.78 is 4.83. The number of esters is 1. The summed E-state index contributed by atoms with van der Waals surface area (Å²) >= 11 is 0. The number of hydrogen-bond acceptors (Lipinski definition) is 8. The maximum Gasteiger partial charge on any atom is 0.360 e. The zero-order valence-corrected chi connectivity index (χ0v) is 17.8. The van der Waals surface area contributed by atoms with E-state index in [1.165, 1.54) is 44.1 Å². The summed E-state index contributed by atoms with van der Waals surface area (Å²) in [5, 5.41) is 17.1. The third kappa shape index (κ3) is 5.56. The Hall–Kier alpha value is -3.42. The first kappa shape index (κ1) is 22.9. The Morgan fingerprint density at radius 3 is 2.27 bits per heavy atom. The number of allylic oxidation sites excluding steroid dienone is 2. The van der Waals surface area contributed by atoms with Gasteiger partial charge in [-0.05, 0) is 69.0 Å². The van der Waals surface area contributed by atoms with E-state index in [0.717, 1.165) is 11.1 Å². The van der Waals surface area contributed by atoms with Gasteiger partial charge in [-0.2, -0.15) is 0 Å². The van der Waals surface area contributed by atoms with E-state index in [0.29, 0.717) is 24.0 Å². The summed E-state index contributed by atoms with van der Waals surface area (Å²) in [6.07, 6.45) is 1.10. The first-order valence-corrected chi connectivity index (χ1v) is 9.34. The van der Waals surface area contributed by atoms with Crippen molar-refractivity contribution in [3.63, 3.8) is 0 Å². The van der Waals surface area contributed by atoms with Gasteiger partial charge in [0, 0.05) is 5.56 Å². The zero-order chi connectivity index (χ0) is 22.3. The van der Waals surface area contributed by atoms with Crippen molar-refractivity contribution in [3.8, 4) is 5.75 Å². The Morgan fingerprint density at radius 2 is 1.67 bits per heavy atom. The van der Waals surface area contributed by atoms with E-state index in [-0.39, 0.29) is 29.6 Å². The van der Waals surface area contributed by atoms with Crippen LogP contribution in [0.2, 0.25) is 0 Å². The Balaban J connectivity index is 2.22. The average Bonchev–Trinajstić information content (AvgIpc) is 2.73. The lowest BCUT2D eigenvalue weighted by atomic mass is 9.85. The fourth-order valence-corrected chi connectivity index (χ4v) is 2.98. The third-order valence-corrected chi connectivity index (χ3v) is 4.82. The molecule has 1 aromatic carbocycles. The van der Waals surface area contributed by atoms with E-state index < -0.39 is 5.97 Å². The van der Waals surface area contributed by atoms with Crippen LogP contribution in [-0.4, -0.2) is 49.1 Å². The number of ketones is 1. The van der Waals surface area contributed by atoms with Crippen molar-refractivity contribution in [2.45, 2.75) is 33.6 Å². The standard InChI is InChI=1S/C22H26N2O6/c1-13-10-17(19(11-14(13)2)20(24-29-5)22(27)28-4)12-30-23-15(3)21(26)16-6-8-18(25)9-7-16/h6-9,25H,10-12H2,1-5H3/b23-15+,24-20-. The molecule has 1 aliphatic rings. The molecule has 2 rings (SSSR count). The van der Waals surface area contributed by atoms with Gasteiger partial charge >= 0.3 is 5.97 Å². The number of phenols is 1. The highest BCUT2D eigenvalue weighted by molar-refractivity contribution is 6.45. The normalized spacial score (nSPS) is 15.2. The topological polar surface area (TPSA) is 107 Å². The molecule has 0 fully saturated rings. The van der Waals surface area contributed by atoms with Crippen molar-refractivity contribution >= 4 is 23.2 Å². The van der Waals surface area contributed by atoms with E-state index in [1.807, 2.05) is 13.8 Å². The molecule has 8 nitrogen and oxygen atoms in total. The van der Waals surface area contributed by atoms with Crippen LogP contribution in [0.5, 0.6) is 5.75 Å². The number of carbonyl (C=O) groups is 2. The van der Waals surface area contributed by atoms with Gasteiger partial charge in [0.05, 0.1) is 7.11 Å². The number of aromatic hydroxyl groups is 1. The molecule has 160 valence electrons. The Morgan fingerprint density at radius 1 is 1.03 bits per heavy atom. The molecule has 0 amide bonds. The van der Waals surface area contributed by atoms with Crippen LogP contribution in [0.15, 0.2) is 56.9 Å². The molecule has 0 aliphatic heterocycles. The number of benzene rings is 1. The lowest BCUT2D eigenvalue weighted by Gasteiger charge is -2.22. The first-order valence-electron chi connectivity index (χ1n) is 9.34. The highest BCUT2D eigenvalue weighted by Gasteiger charge is 2.26. The Kier molecular flexibility index (Phi) is 7.91. The van der Waals surface area contributed by atoms with E-state index >= 15 is 0 Å². The van der Waals surface area contributed by atoms with Crippen molar-refractivity contribution in [1.82, 2.24) is 0 Å². The lowest BCUT2D eigenvalue weighted by molar-refractivity contribution is -0.132. The molecule has 1 N–H and O–H groups in total. The fraction of sp³-hybridized carbons (Fsp3) is 0.364. The Labute approximate surface area is 175 Å². The second kappa shape index (κ2) is 10.4. The summed E-state index contributed by atoms with van der Waals surface area (Å²) in [5.41, 5.74) is 4.43. The number of methoxy groups -OCH3 is 1. The number of carbonyl (C=O) groups excluding carboxylic acids is 2. The average molecular weight is 414 g/mol. The predicted molar refractivity (Wildman–Crippen MR) is 113 cm³/mol. The van der Waals surface area contributed by atoms with Gasteiger partial charge < -0.3 is 19.5 Å². The van der Waals surface area contributed by atoms with Crippen LogP contribution in [0, 0.1) is 0 Å². The molecular weight excluding hydrogens is 388 g/mol. The van der Waals surface area contributed by atoms with Crippen LogP contribution in [0.3, 0.4) is 0 Å². The van der Waals surface area contributed by atoms with Gasteiger partial charge in [0.15, 0.2) is 5.71 Å². The lowest BCUT2D eigenvalue weighted by Crippen LogP contribution is -2.23. The summed E-state index contributed by atoms with van der Waals surface area (Å²) in [7, 11) is 2.64. The third-order valence-electron chi connectivity index (χ3n) is 4.82. The minimum Gasteiger partial charge on any atom is -0.508 e. The van der Waals surface area contributed by atoms with Crippen molar-refractivity contribution in [1.29, 1.82) is 0 Å². The molecule has 0 radical (unpaired) electrons. The van der Waals surface area contributed by atoms with Gasteiger partial charge in [-0.15, -0.1) is 0 Å². The van der Waals surface area contributed by atoms with E-state index in [9.17, 15) is 14.7 Å². The summed E-state index contributed by atoms with van der Waals surface area (Å²) in [6.45, 7) is 5.64. The van der Waals surface area contributed by atoms with E-state index in [2.05, 4.69) is 10.3 Å².